The summed E-state index contributed by atoms with van der Waals surface area (Å²) in [6.45, 7) is 4.55. The van der Waals surface area contributed by atoms with E-state index in [1.54, 1.807) is 29.4 Å². The highest BCUT2D eigenvalue weighted by Crippen LogP contribution is 2.30. The molecular formula is C24H27N5O5. The van der Waals surface area contributed by atoms with Gasteiger partial charge in [-0.05, 0) is 44.9 Å². The molecule has 3 heterocycles. The standard InChI is InChI=1S/C24H27N5O5/c1-4-33-20-11-12-25-22(21(20)24(31)32-3)34-17-10-9-16(2)28(15-17)23(30)18-7-5-6-8-19(18)29-26-13-14-27-29/h5-8,11-14,16-17H,4,9-10,15H2,1-3H3/t16-,17-/m1/s1. The number of ether oxygens (including phenoxy) is 3. The lowest BCUT2D eigenvalue weighted by molar-refractivity contribution is 0.0357. The van der Waals surface area contributed by atoms with Crippen molar-refractivity contribution < 1.29 is 23.8 Å². The van der Waals surface area contributed by atoms with E-state index in [2.05, 4.69) is 15.2 Å². The Balaban J connectivity index is 1.58. The van der Waals surface area contributed by atoms with Gasteiger partial charge in [-0.15, -0.1) is 0 Å². The number of nitrogens with zero attached hydrogens (tertiary/aromatic N) is 5. The summed E-state index contributed by atoms with van der Waals surface area (Å²) in [5.74, 6) is -0.259. The number of piperidine rings is 1. The first kappa shape index (κ1) is 23.2. The van der Waals surface area contributed by atoms with E-state index < -0.39 is 5.97 Å². The number of carbonyl (C=O) groups is 2. The molecule has 1 aliphatic heterocycles. The molecule has 178 valence electrons. The van der Waals surface area contributed by atoms with E-state index in [0.717, 1.165) is 6.42 Å². The van der Waals surface area contributed by atoms with Crippen LogP contribution < -0.4 is 9.47 Å². The van der Waals surface area contributed by atoms with E-state index in [0.29, 0.717) is 36.6 Å². The smallest absolute Gasteiger partial charge is 0.347 e. The van der Waals surface area contributed by atoms with Gasteiger partial charge in [0.15, 0.2) is 5.56 Å². The molecule has 1 aromatic carbocycles. The Hall–Kier alpha value is -3.95. The molecule has 0 bridgehead atoms. The average molecular weight is 466 g/mol. The Morgan fingerprint density at radius 2 is 1.85 bits per heavy atom. The van der Waals surface area contributed by atoms with Crippen LogP contribution in [0.4, 0.5) is 0 Å². The summed E-state index contributed by atoms with van der Waals surface area (Å²) >= 11 is 0. The number of para-hydroxylation sites is 1. The molecule has 3 aromatic rings. The fourth-order valence-electron chi connectivity index (χ4n) is 4.02. The molecule has 2 atom stereocenters. The number of carbonyl (C=O) groups excluding carboxylic acids is 2. The molecule has 0 saturated carbocycles. The van der Waals surface area contributed by atoms with Gasteiger partial charge in [-0.3, -0.25) is 4.79 Å². The predicted octanol–water partition coefficient (Wildman–Crippen LogP) is 2.92. The van der Waals surface area contributed by atoms with Crippen molar-refractivity contribution in [2.24, 2.45) is 0 Å². The number of likely N-dealkylation sites (tertiary alicyclic amines) is 1. The predicted molar refractivity (Wildman–Crippen MR) is 122 cm³/mol. The lowest BCUT2D eigenvalue weighted by Gasteiger charge is -2.38. The maximum absolute atomic E-state index is 13.6. The van der Waals surface area contributed by atoms with Crippen LogP contribution in [0.15, 0.2) is 48.9 Å². The molecular weight excluding hydrogens is 438 g/mol. The van der Waals surface area contributed by atoms with Crippen LogP contribution in [-0.2, 0) is 4.74 Å². The fraction of sp³-hybridized carbons (Fsp3) is 0.375. The van der Waals surface area contributed by atoms with Crippen molar-refractivity contribution in [2.75, 3.05) is 20.3 Å². The number of hydrogen-bond donors (Lipinski definition) is 0. The van der Waals surface area contributed by atoms with Gasteiger partial charge in [-0.1, -0.05) is 12.1 Å². The molecule has 0 unspecified atom stereocenters. The number of benzene rings is 1. The van der Waals surface area contributed by atoms with Crippen LogP contribution >= 0.6 is 0 Å². The third-order valence-corrected chi connectivity index (χ3v) is 5.71. The third kappa shape index (κ3) is 4.70. The maximum Gasteiger partial charge on any atom is 0.347 e. The van der Waals surface area contributed by atoms with Crippen LogP contribution in [0.5, 0.6) is 11.6 Å². The van der Waals surface area contributed by atoms with Crippen molar-refractivity contribution in [3.05, 3.63) is 60.0 Å². The lowest BCUT2D eigenvalue weighted by Crippen LogP contribution is -2.49. The molecule has 2 aromatic heterocycles. The Labute approximate surface area is 197 Å². The zero-order valence-electron chi connectivity index (χ0n) is 19.4. The highest BCUT2D eigenvalue weighted by Gasteiger charge is 2.33. The number of methoxy groups -OCH3 is 1. The monoisotopic (exact) mass is 465 g/mol. The van der Waals surface area contributed by atoms with Gasteiger partial charge in [-0.2, -0.15) is 15.0 Å². The minimum atomic E-state index is -0.593. The second kappa shape index (κ2) is 10.3. The molecule has 1 saturated heterocycles. The summed E-state index contributed by atoms with van der Waals surface area (Å²) < 4.78 is 16.6. The molecule has 10 nitrogen and oxygen atoms in total. The summed E-state index contributed by atoms with van der Waals surface area (Å²) in [6, 6.07) is 8.83. The third-order valence-electron chi connectivity index (χ3n) is 5.71. The molecule has 1 fully saturated rings. The first-order chi connectivity index (χ1) is 16.5. The normalized spacial score (nSPS) is 17.8. The zero-order valence-corrected chi connectivity index (χ0v) is 19.4. The number of aromatic nitrogens is 4. The highest BCUT2D eigenvalue weighted by atomic mass is 16.5. The van der Waals surface area contributed by atoms with Crippen LogP contribution in [0, 0.1) is 0 Å². The van der Waals surface area contributed by atoms with Gasteiger partial charge in [-0.25, -0.2) is 9.78 Å². The van der Waals surface area contributed by atoms with Crippen LogP contribution in [-0.4, -0.2) is 69.2 Å². The minimum Gasteiger partial charge on any atom is -0.493 e. The van der Waals surface area contributed by atoms with Crippen LogP contribution in [0.2, 0.25) is 0 Å². The van der Waals surface area contributed by atoms with Gasteiger partial charge >= 0.3 is 5.97 Å². The summed E-state index contributed by atoms with van der Waals surface area (Å²) in [5, 5.41) is 8.34. The fourth-order valence-corrected chi connectivity index (χ4v) is 4.02. The molecule has 0 N–H and O–H groups in total. The molecule has 0 spiro atoms. The first-order valence-corrected chi connectivity index (χ1v) is 11.2. The average Bonchev–Trinajstić information content (AvgIpc) is 3.40. The van der Waals surface area contributed by atoms with Gasteiger partial charge in [0.2, 0.25) is 5.88 Å². The molecule has 4 rings (SSSR count). The Kier molecular flexibility index (Phi) is 7.05. The Bertz CT molecular complexity index is 1150. The van der Waals surface area contributed by atoms with E-state index in [1.807, 2.05) is 32.0 Å². The number of pyridine rings is 1. The quantitative estimate of drug-likeness (QED) is 0.490. The second-order valence-electron chi connectivity index (χ2n) is 7.87. The largest absolute Gasteiger partial charge is 0.493 e. The lowest BCUT2D eigenvalue weighted by atomic mass is 9.99. The van der Waals surface area contributed by atoms with Gasteiger partial charge in [0.25, 0.3) is 5.91 Å². The molecule has 0 radical (unpaired) electrons. The van der Waals surface area contributed by atoms with Crippen molar-refractivity contribution in [3.8, 4) is 17.3 Å². The molecule has 34 heavy (non-hydrogen) atoms. The van der Waals surface area contributed by atoms with Gasteiger partial charge in [0.05, 0.1) is 43.9 Å². The summed E-state index contributed by atoms with van der Waals surface area (Å²) in [5.41, 5.74) is 1.24. The second-order valence-corrected chi connectivity index (χ2v) is 7.87. The van der Waals surface area contributed by atoms with E-state index >= 15 is 0 Å². The topological polar surface area (TPSA) is 109 Å². The van der Waals surface area contributed by atoms with Gasteiger partial charge in [0.1, 0.15) is 11.9 Å². The van der Waals surface area contributed by atoms with Crippen LogP contribution in [0.25, 0.3) is 5.69 Å². The first-order valence-electron chi connectivity index (χ1n) is 11.2. The SMILES string of the molecule is CCOc1ccnc(O[C@@H]2CC[C@@H](C)N(C(=O)c3ccccc3-n3nccn3)C2)c1C(=O)OC. The molecule has 10 heteroatoms. The zero-order chi connectivity index (χ0) is 24.1. The maximum atomic E-state index is 13.6. The van der Waals surface area contributed by atoms with Crippen LogP contribution in [0.3, 0.4) is 0 Å². The molecule has 0 aliphatic carbocycles. The summed E-state index contributed by atoms with van der Waals surface area (Å²) in [4.78, 5) is 33.5. The van der Waals surface area contributed by atoms with Crippen molar-refractivity contribution in [3.63, 3.8) is 0 Å². The molecule has 1 aliphatic rings. The summed E-state index contributed by atoms with van der Waals surface area (Å²) in [7, 11) is 1.30. The van der Waals surface area contributed by atoms with E-state index in [4.69, 9.17) is 14.2 Å². The minimum absolute atomic E-state index is 0.00813. The highest BCUT2D eigenvalue weighted by molar-refractivity contribution is 5.98. The molecule has 1 amide bonds. The number of rotatable bonds is 7. The van der Waals surface area contributed by atoms with Crippen molar-refractivity contribution in [2.45, 2.75) is 38.8 Å². The van der Waals surface area contributed by atoms with Crippen LogP contribution in [0.1, 0.15) is 47.4 Å². The number of amides is 1. The van der Waals surface area contributed by atoms with E-state index in [1.165, 1.54) is 18.1 Å². The Morgan fingerprint density at radius 3 is 2.59 bits per heavy atom. The van der Waals surface area contributed by atoms with Gasteiger partial charge in [0, 0.05) is 12.2 Å². The van der Waals surface area contributed by atoms with Gasteiger partial charge < -0.3 is 19.1 Å². The summed E-state index contributed by atoms with van der Waals surface area (Å²) in [6.07, 6.45) is 5.73. The van der Waals surface area contributed by atoms with Crippen molar-refractivity contribution in [1.82, 2.24) is 24.9 Å². The number of esters is 1. The number of hydrogen-bond acceptors (Lipinski definition) is 8. The van der Waals surface area contributed by atoms with Crippen molar-refractivity contribution >= 4 is 11.9 Å². The Morgan fingerprint density at radius 1 is 1.09 bits per heavy atom. The van der Waals surface area contributed by atoms with E-state index in [9.17, 15) is 9.59 Å². The van der Waals surface area contributed by atoms with E-state index in [-0.39, 0.29) is 29.5 Å². The van der Waals surface area contributed by atoms with Crippen molar-refractivity contribution in [1.29, 1.82) is 0 Å².